The molecule has 0 atom stereocenters. The quantitative estimate of drug-likeness (QED) is 0.240. The molecule has 0 saturated heterocycles. The summed E-state index contributed by atoms with van der Waals surface area (Å²) in [5.74, 6) is 0.683. The molecule has 0 spiro atoms. The molecule has 7 nitrogen and oxygen atoms in total. The smallest absolute Gasteiger partial charge is 0.269 e. The molecule has 0 saturated carbocycles. The van der Waals surface area contributed by atoms with E-state index in [4.69, 9.17) is 4.74 Å². The summed E-state index contributed by atoms with van der Waals surface area (Å²) in [5, 5.41) is 17.1. The largest absolute Gasteiger partial charge is 0.382 e. The van der Waals surface area contributed by atoms with E-state index in [1.807, 2.05) is 13.0 Å². The second kappa shape index (κ2) is 10.6. The molecule has 22 heavy (non-hydrogen) atoms. The summed E-state index contributed by atoms with van der Waals surface area (Å²) in [5.41, 5.74) is 0.937. The molecule has 7 heteroatoms. The van der Waals surface area contributed by atoms with Gasteiger partial charge in [-0.05, 0) is 25.3 Å². The average molecular weight is 308 g/mol. The highest BCUT2D eigenvalue weighted by atomic mass is 16.6. The molecule has 122 valence electrons. The summed E-state index contributed by atoms with van der Waals surface area (Å²) in [6.07, 6.45) is 2.00. The van der Waals surface area contributed by atoms with Gasteiger partial charge in [0, 0.05) is 45.5 Å². The Morgan fingerprint density at radius 1 is 1.36 bits per heavy atom. The van der Waals surface area contributed by atoms with Crippen LogP contribution in [0.5, 0.6) is 0 Å². The van der Waals surface area contributed by atoms with Crippen molar-refractivity contribution in [3.8, 4) is 0 Å². The SMILES string of the molecule is CCOCCCCNC(=NC)NCc1cccc([N+](=O)[O-])c1. The molecule has 0 aliphatic heterocycles. The summed E-state index contributed by atoms with van der Waals surface area (Å²) < 4.78 is 5.27. The summed E-state index contributed by atoms with van der Waals surface area (Å²) in [7, 11) is 1.70. The molecule has 0 bridgehead atoms. The molecular weight excluding hydrogens is 284 g/mol. The first-order valence-corrected chi connectivity index (χ1v) is 7.43. The van der Waals surface area contributed by atoms with E-state index >= 15 is 0 Å². The Balaban J connectivity index is 2.32. The molecule has 1 rings (SSSR count). The first kappa shape index (κ1) is 17.9. The molecule has 1 aromatic carbocycles. The van der Waals surface area contributed by atoms with Crippen LogP contribution in [0.15, 0.2) is 29.3 Å². The zero-order valence-corrected chi connectivity index (χ0v) is 13.2. The van der Waals surface area contributed by atoms with Crippen LogP contribution in [0.25, 0.3) is 0 Å². The van der Waals surface area contributed by atoms with Crippen LogP contribution in [0.4, 0.5) is 5.69 Å². The summed E-state index contributed by atoms with van der Waals surface area (Å²) >= 11 is 0. The molecule has 2 N–H and O–H groups in total. The summed E-state index contributed by atoms with van der Waals surface area (Å²) in [4.78, 5) is 14.5. The van der Waals surface area contributed by atoms with Gasteiger partial charge in [-0.2, -0.15) is 0 Å². The van der Waals surface area contributed by atoms with Crippen molar-refractivity contribution in [2.45, 2.75) is 26.3 Å². The topological polar surface area (TPSA) is 88.8 Å². The Morgan fingerprint density at radius 3 is 2.86 bits per heavy atom. The Bertz CT molecular complexity index is 491. The number of non-ortho nitro benzene ring substituents is 1. The number of rotatable bonds is 9. The van der Waals surface area contributed by atoms with Crippen molar-refractivity contribution in [1.82, 2.24) is 10.6 Å². The van der Waals surface area contributed by atoms with Crippen molar-refractivity contribution in [1.29, 1.82) is 0 Å². The van der Waals surface area contributed by atoms with E-state index in [0.29, 0.717) is 12.5 Å². The van der Waals surface area contributed by atoms with Crippen LogP contribution in [0, 0.1) is 10.1 Å². The Kier molecular flexibility index (Phi) is 8.59. The lowest BCUT2D eigenvalue weighted by atomic mass is 10.2. The van der Waals surface area contributed by atoms with Crippen LogP contribution in [-0.2, 0) is 11.3 Å². The van der Waals surface area contributed by atoms with Gasteiger partial charge in [-0.25, -0.2) is 0 Å². The Hall–Kier alpha value is -2.15. The molecule has 0 heterocycles. The van der Waals surface area contributed by atoms with Crippen LogP contribution in [0.3, 0.4) is 0 Å². The minimum Gasteiger partial charge on any atom is -0.382 e. The van der Waals surface area contributed by atoms with Crippen LogP contribution in [-0.4, -0.2) is 37.7 Å². The third-order valence-corrected chi connectivity index (χ3v) is 3.02. The van der Waals surface area contributed by atoms with Crippen molar-refractivity contribution in [3.05, 3.63) is 39.9 Å². The van der Waals surface area contributed by atoms with Gasteiger partial charge in [0.05, 0.1) is 4.92 Å². The van der Waals surface area contributed by atoms with E-state index in [1.54, 1.807) is 19.2 Å². The monoisotopic (exact) mass is 308 g/mol. The van der Waals surface area contributed by atoms with Crippen LogP contribution in [0.1, 0.15) is 25.3 Å². The number of benzene rings is 1. The van der Waals surface area contributed by atoms with Gasteiger partial charge in [0.2, 0.25) is 0 Å². The number of nitrogens with one attached hydrogen (secondary N) is 2. The van der Waals surface area contributed by atoms with Crippen molar-refractivity contribution in [3.63, 3.8) is 0 Å². The highest BCUT2D eigenvalue weighted by Gasteiger charge is 2.05. The van der Waals surface area contributed by atoms with Gasteiger partial charge in [0.1, 0.15) is 0 Å². The van der Waals surface area contributed by atoms with Crippen molar-refractivity contribution in [2.75, 3.05) is 26.8 Å². The van der Waals surface area contributed by atoms with Gasteiger partial charge in [0.15, 0.2) is 5.96 Å². The van der Waals surface area contributed by atoms with E-state index in [1.165, 1.54) is 6.07 Å². The molecule has 1 aromatic rings. The Morgan fingerprint density at radius 2 is 2.18 bits per heavy atom. The predicted octanol–water partition coefficient (Wildman–Crippen LogP) is 2.08. The number of hydrogen-bond donors (Lipinski definition) is 2. The third-order valence-electron chi connectivity index (χ3n) is 3.02. The first-order valence-electron chi connectivity index (χ1n) is 7.43. The maximum atomic E-state index is 10.7. The van der Waals surface area contributed by atoms with E-state index in [9.17, 15) is 10.1 Å². The molecule has 0 aromatic heterocycles. The van der Waals surface area contributed by atoms with Crippen LogP contribution >= 0.6 is 0 Å². The number of ether oxygens (including phenoxy) is 1. The summed E-state index contributed by atoms with van der Waals surface area (Å²) in [6, 6.07) is 6.56. The summed E-state index contributed by atoms with van der Waals surface area (Å²) in [6.45, 7) is 4.80. The third kappa shape index (κ3) is 7.03. The second-order valence-corrected chi connectivity index (χ2v) is 4.68. The second-order valence-electron chi connectivity index (χ2n) is 4.68. The highest BCUT2D eigenvalue weighted by Crippen LogP contribution is 2.12. The fourth-order valence-corrected chi connectivity index (χ4v) is 1.87. The maximum absolute atomic E-state index is 10.7. The van der Waals surface area contributed by atoms with Crippen LogP contribution in [0.2, 0.25) is 0 Å². The zero-order valence-electron chi connectivity index (χ0n) is 13.2. The van der Waals surface area contributed by atoms with Crippen LogP contribution < -0.4 is 10.6 Å². The fraction of sp³-hybridized carbons (Fsp3) is 0.533. The lowest BCUT2D eigenvalue weighted by Gasteiger charge is -2.11. The van der Waals surface area contributed by atoms with Gasteiger partial charge in [-0.1, -0.05) is 12.1 Å². The minimum absolute atomic E-state index is 0.0955. The van der Waals surface area contributed by atoms with Gasteiger partial charge in [0.25, 0.3) is 5.69 Å². The lowest BCUT2D eigenvalue weighted by Crippen LogP contribution is -2.37. The van der Waals surface area contributed by atoms with E-state index in [-0.39, 0.29) is 5.69 Å². The molecular formula is C15H24N4O3. The molecule has 0 radical (unpaired) electrons. The lowest BCUT2D eigenvalue weighted by molar-refractivity contribution is -0.384. The fourth-order valence-electron chi connectivity index (χ4n) is 1.87. The maximum Gasteiger partial charge on any atom is 0.269 e. The number of nitrogens with zero attached hydrogens (tertiary/aromatic N) is 2. The van der Waals surface area contributed by atoms with Gasteiger partial charge < -0.3 is 15.4 Å². The van der Waals surface area contributed by atoms with Crippen molar-refractivity contribution >= 4 is 11.6 Å². The minimum atomic E-state index is -0.394. The van der Waals surface area contributed by atoms with E-state index in [2.05, 4.69) is 15.6 Å². The van der Waals surface area contributed by atoms with Gasteiger partial charge in [-0.15, -0.1) is 0 Å². The predicted molar refractivity (Wildman–Crippen MR) is 87.0 cm³/mol. The molecule has 0 aliphatic carbocycles. The normalized spacial score (nSPS) is 11.3. The number of guanidine groups is 1. The molecule has 0 fully saturated rings. The zero-order chi connectivity index (χ0) is 16.2. The number of aliphatic imine (C=N–C) groups is 1. The average Bonchev–Trinajstić information content (AvgIpc) is 2.53. The van der Waals surface area contributed by atoms with E-state index < -0.39 is 4.92 Å². The number of unbranched alkanes of at least 4 members (excludes halogenated alkanes) is 1. The molecule has 0 unspecified atom stereocenters. The molecule has 0 amide bonds. The van der Waals surface area contributed by atoms with Gasteiger partial charge >= 0.3 is 0 Å². The first-order chi connectivity index (χ1) is 10.7. The number of nitro benzene ring substituents is 1. The standard InChI is InChI=1S/C15H24N4O3/c1-3-22-10-5-4-9-17-15(16-2)18-12-13-7-6-8-14(11-13)19(20)21/h6-8,11H,3-5,9-10,12H2,1-2H3,(H2,16,17,18). The Labute approximate surface area is 130 Å². The highest BCUT2D eigenvalue weighted by molar-refractivity contribution is 5.79. The van der Waals surface area contributed by atoms with Crippen molar-refractivity contribution < 1.29 is 9.66 Å². The molecule has 0 aliphatic rings. The van der Waals surface area contributed by atoms with Crippen molar-refractivity contribution in [2.24, 2.45) is 4.99 Å². The number of nitro groups is 1. The number of hydrogen-bond acceptors (Lipinski definition) is 4. The van der Waals surface area contributed by atoms with Gasteiger partial charge in [-0.3, -0.25) is 15.1 Å². The van der Waals surface area contributed by atoms with E-state index in [0.717, 1.165) is 38.2 Å².